The molecule has 2 rings (SSSR count). The molecule has 4 N–H and O–H groups in total. The third-order valence-electron chi connectivity index (χ3n) is 4.44. The van der Waals surface area contributed by atoms with Crippen molar-refractivity contribution in [3.63, 3.8) is 0 Å². The van der Waals surface area contributed by atoms with Gasteiger partial charge in [-0.25, -0.2) is 0 Å². The molecule has 0 bridgehead atoms. The Hall–Kier alpha value is -1.59. The summed E-state index contributed by atoms with van der Waals surface area (Å²) in [7, 11) is 0. The van der Waals surface area contributed by atoms with Gasteiger partial charge in [0, 0.05) is 18.1 Å². The molecule has 0 aliphatic rings. The van der Waals surface area contributed by atoms with Crippen molar-refractivity contribution in [2.75, 3.05) is 6.54 Å². The van der Waals surface area contributed by atoms with Crippen molar-refractivity contribution >= 4 is 30.7 Å². The highest BCUT2D eigenvalue weighted by molar-refractivity contribution is 5.87. The lowest BCUT2D eigenvalue weighted by atomic mass is 9.92. The molecule has 0 aromatic heterocycles. The summed E-state index contributed by atoms with van der Waals surface area (Å²) in [6.07, 6.45) is 0. The summed E-state index contributed by atoms with van der Waals surface area (Å²) in [6, 6.07) is 19.9. The molecular weight excluding hydrogens is 381 g/mol. The number of rotatable bonds is 7. The van der Waals surface area contributed by atoms with Crippen LogP contribution >= 0.6 is 24.8 Å². The smallest absolute Gasteiger partial charge is 0.244 e. The zero-order chi connectivity index (χ0) is 18.5. The molecule has 2 unspecified atom stereocenters. The number of carbonyl (C=O) groups is 1. The van der Waals surface area contributed by atoms with Crippen molar-refractivity contribution < 1.29 is 4.79 Å². The van der Waals surface area contributed by atoms with Crippen LogP contribution in [-0.4, -0.2) is 18.0 Å². The molecule has 0 radical (unpaired) electrons. The van der Waals surface area contributed by atoms with Gasteiger partial charge in [0.2, 0.25) is 5.91 Å². The van der Waals surface area contributed by atoms with Gasteiger partial charge >= 0.3 is 0 Å². The zero-order valence-electron chi connectivity index (χ0n) is 16.4. The molecule has 0 aliphatic carbocycles. The van der Waals surface area contributed by atoms with E-state index in [9.17, 15) is 4.79 Å². The molecular formula is C21H31Cl2N3O. The topological polar surface area (TPSA) is 67.1 Å². The second-order valence-electron chi connectivity index (χ2n) is 7.41. The highest BCUT2D eigenvalue weighted by atomic mass is 35.5. The molecule has 150 valence electrons. The van der Waals surface area contributed by atoms with Crippen molar-refractivity contribution in [3.8, 4) is 0 Å². The first kappa shape index (κ1) is 25.4. The van der Waals surface area contributed by atoms with E-state index in [1.54, 1.807) is 6.92 Å². The van der Waals surface area contributed by atoms with Gasteiger partial charge in [-0.2, -0.15) is 0 Å². The van der Waals surface area contributed by atoms with Crippen molar-refractivity contribution in [2.45, 2.75) is 44.8 Å². The fraction of sp³-hybridized carbons (Fsp3) is 0.381. The van der Waals surface area contributed by atoms with E-state index in [2.05, 4.69) is 43.5 Å². The molecule has 0 saturated carbocycles. The van der Waals surface area contributed by atoms with Crippen LogP contribution < -0.4 is 16.4 Å². The van der Waals surface area contributed by atoms with Gasteiger partial charge in [-0.3, -0.25) is 4.79 Å². The Bertz CT molecular complexity index is 691. The van der Waals surface area contributed by atoms with E-state index in [1.165, 1.54) is 5.56 Å². The molecule has 27 heavy (non-hydrogen) atoms. The standard InChI is InChI=1S/C21H29N3O.2ClH/c1-16(17-11-7-5-8-12-17)24-20(2,3)15-23-19(25)21(4,22)18-13-9-6-10-14-18;;/h5-14,16,24H,15,22H2,1-4H3,(H,23,25);2*1H. The average molecular weight is 412 g/mol. The summed E-state index contributed by atoms with van der Waals surface area (Å²) in [5, 5.41) is 6.56. The molecule has 0 aliphatic heterocycles. The number of nitrogens with two attached hydrogens (primary N) is 1. The predicted octanol–water partition coefficient (Wildman–Crippen LogP) is 3.95. The van der Waals surface area contributed by atoms with Gasteiger partial charge in [0.15, 0.2) is 0 Å². The van der Waals surface area contributed by atoms with Gasteiger partial charge in [0.1, 0.15) is 5.54 Å². The lowest BCUT2D eigenvalue weighted by Crippen LogP contribution is -2.55. The van der Waals surface area contributed by atoms with Crippen LogP contribution in [0.15, 0.2) is 60.7 Å². The summed E-state index contributed by atoms with van der Waals surface area (Å²) in [6.45, 7) is 8.50. The zero-order valence-corrected chi connectivity index (χ0v) is 18.0. The number of amides is 1. The maximum atomic E-state index is 12.6. The van der Waals surface area contributed by atoms with Gasteiger partial charge in [-0.1, -0.05) is 60.7 Å². The Balaban J connectivity index is 0.00000338. The first-order valence-electron chi connectivity index (χ1n) is 8.68. The maximum absolute atomic E-state index is 12.6. The van der Waals surface area contributed by atoms with Crippen LogP contribution in [0.1, 0.15) is 44.9 Å². The lowest BCUT2D eigenvalue weighted by molar-refractivity contribution is -0.126. The molecule has 0 spiro atoms. The highest BCUT2D eigenvalue weighted by Crippen LogP contribution is 2.19. The Kier molecular flexibility index (Phi) is 10.0. The normalized spacial score (nSPS) is 14.1. The Morgan fingerprint density at radius 1 is 0.963 bits per heavy atom. The van der Waals surface area contributed by atoms with Gasteiger partial charge in [-0.15, -0.1) is 24.8 Å². The van der Waals surface area contributed by atoms with Crippen LogP contribution in [0, 0.1) is 0 Å². The minimum absolute atomic E-state index is 0. The van der Waals surface area contributed by atoms with E-state index < -0.39 is 5.54 Å². The van der Waals surface area contributed by atoms with Gasteiger partial charge in [-0.05, 0) is 38.8 Å². The third kappa shape index (κ3) is 7.15. The second kappa shape index (κ2) is 10.7. The van der Waals surface area contributed by atoms with E-state index in [4.69, 9.17) is 5.73 Å². The number of hydrogen-bond donors (Lipinski definition) is 3. The molecule has 2 aromatic rings. The molecule has 2 aromatic carbocycles. The number of halogens is 2. The SMILES string of the molecule is CC(NC(C)(C)CNC(=O)C(C)(N)c1ccccc1)c1ccccc1.Cl.Cl. The van der Waals surface area contributed by atoms with Gasteiger partial charge in [0.05, 0.1) is 0 Å². The van der Waals surface area contributed by atoms with E-state index in [0.29, 0.717) is 6.54 Å². The van der Waals surface area contributed by atoms with E-state index >= 15 is 0 Å². The summed E-state index contributed by atoms with van der Waals surface area (Å²) in [5.41, 5.74) is 6.97. The van der Waals surface area contributed by atoms with Crippen LogP contribution in [0.25, 0.3) is 0 Å². The van der Waals surface area contributed by atoms with Crippen LogP contribution in [0.3, 0.4) is 0 Å². The van der Waals surface area contributed by atoms with Crippen molar-refractivity contribution in [3.05, 3.63) is 71.8 Å². The van der Waals surface area contributed by atoms with Crippen molar-refractivity contribution in [2.24, 2.45) is 5.73 Å². The van der Waals surface area contributed by atoms with E-state index in [1.807, 2.05) is 48.5 Å². The summed E-state index contributed by atoms with van der Waals surface area (Å²) >= 11 is 0. The van der Waals surface area contributed by atoms with Crippen LogP contribution in [0.2, 0.25) is 0 Å². The molecule has 0 fully saturated rings. The minimum Gasteiger partial charge on any atom is -0.352 e. The van der Waals surface area contributed by atoms with Crippen LogP contribution in [-0.2, 0) is 10.3 Å². The number of hydrogen-bond acceptors (Lipinski definition) is 3. The Morgan fingerprint density at radius 2 is 1.44 bits per heavy atom. The number of nitrogens with one attached hydrogen (secondary N) is 2. The second-order valence-corrected chi connectivity index (χ2v) is 7.41. The van der Waals surface area contributed by atoms with Crippen molar-refractivity contribution in [1.82, 2.24) is 10.6 Å². The fourth-order valence-corrected chi connectivity index (χ4v) is 2.86. The fourth-order valence-electron chi connectivity index (χ4n) is 2.86. The minimum atomic E-state index is -1.05. The Labute approximate surface area is 175 Å². The summed E-state index contributed by atoms with van der Waals surface area (Å²) < 4.78 is 0. The van der Waals surface area contributed by atoms with Crippen LogP contribution in [0.5, 0.6) is 0 Å². The van der Waals surface area contributed by atoms with Gasteiger partial charge < -0.3 is 16.4 Å². The maximum Gasteiger partial charge on any atom is 0.244 e. The first-order valence-corrected chi connectivity index (χ1v) is 8.68. The molecule has 2 atom stereocenters. The van der Waals surface area contributed by atoms with E-state index in [-0.39, 0.29) is 42.3 Å². The summed E-state index contributed by atoms with van der Waals surface area (Å²) in [5.74, 6) is -0.180. The summed E-state index contributed by atoms with van der Waals surface area (Å²) in [4.78, 5) is 12.6. The molecule has 4 nitrogen and oxygen atoms in total. The van der Waals surface area contributed by atoms with Crippen LogP contribution in [0.4, 0.5) is 0 Å². The number of benzene rings is 2. The predicted molar refractivity (Wildman–Crippen MR) is 118 cm³/mol. The Morgan fingerprint density at radius 3 is 1.96 bits per heavy atom. The molecule has 6 heteroatoms. The molecule has 1 amide bonds. The largest absolute Gasteiger partial charge is 0.352 e. The van der Waals surface area contributed by atoms with Crippen molar-refractivity contribution in [1.29, 1.82) is 0 Å². The molecule has 0 saturated heterocycles. The van der Waals surface area contributed by atoms with Gasteiger partial charge in [0.25, 0.3) is 0 Å². The highest BCUT2D eigenvalue weighted by Gasteiger charge is 2.31. The first-order chi connectivity index (χ1) is 11.7. The third-order valence-corrected chi connectivity index (χ3v) is 4.44. The monoisotopic (exact) mass is 411 g/mol. The quantitative estimate of drug-likeness (QED) is 0.645. The lowest BCUT2D eigenvalue weighted by Gasteiger charge is -2.32. The average Bonchev–Trinajstić information content (AvgIpc) is 2.60. The van der Waals surface area contributed by atoms with E-state index in [0.717, 1.165) is 5.56 Å². The number of carbonyl (C=O) groups excluding carboxylic acids is 1. The molecule has 0 heterocycles.